The SMILES string of the molecule is Cc1cc2nc3c(=O)[nH]c(=O)nc-3n(CCNC3c4ccccc4CC3O)c2cc1C. The van der Waals surface area contributed by atoms with E-state index < -0.39 is 17.4 Å². The number of aromatic nitrogens is 4. The van der Waals surface area contributed by atoms with Gasteiger partial charge in [0.2, 0.25) is 0 Å². The van der Waals surface area contributed by atoms with E-state index in [1.807, 2.05) is 54.8 Å². The molecule has 0 aromatic heterocycles. The normalized spacial score (nSPS) is 18.0. The Labute approximate surface area is 178 Å². The second-order valence-corrected chi connectivity index (χ2v) is 8.13. The molecule has 2 aromatic rings. The van der Waals surface area contributed by atoms with Crippen molar-refractivity contribution in [3.63, 3.8) is 0 Å². The molecule has 0 saturated carbocycles. The van der Waals surface area contributed by atoms with E-state index in [0.717, 1.165) is 27.8 Å². The van der Waals surface area contributed by atoms with Gasteiger partial charge in [-0.3, -0.25) is 9.78 Å². The first kappa shape index (κ1) is 19.6. The number of rotatable bonds is 4. The van der Waals surface area contributed by atoms with Crippen molar-refractivity contribution in [1.29, 1.82) is 0 Å². The van der Waals surface area contributed by atoms with E-state index in [9.17, 15) is 14.7 Å². The topological polar surface area (TPSA) is 113 Å². The zero-order valence-electron chi connectivity index (χ0n) is 17.3. The number of nitrogens with one attached hydrogen (secondary N) is 2. The molecule has 0 bridgehead atoms. The van der Waals surface area contributed by atoms with E-state index in [2.05, 4.69) is 20.3 Å². The summed E-state index contributed by atoms with van der Waals surface area (Å²) in [6.45, 7) is 4.98. The number of benzene rings is 2. The van der Waals surface area contributed by atoms with Gasteiger partial charge in [-0.05, 0) is 48.2 Å². The molecule has 3 N–H and O–H groups in total. The van der Waals surface area contributed by atoms with Gasteiger partial charge in [0, 0.05) is 19.5 Å². The maximum absolute atomic E-state index is 12.4. The van der Waals surface area contributed by atoms with Crippen LogP contribution in [0.1, 0.15) is 28.3 Å². The molecule has 158 valence electrons. The van der Waals surface area contributed by atoms with Crippen LogP contribution in [0.25, 0.3) is 22.6 Å². The number of aromatic amines is 1. The van der Waals surface area contributed by atoms with Gasteiger partial charge >= 0.3 is 5.69 Å². The third-order valence-electron chi connectivity index (χ3n) is 6.13. The highest BCUT2D eigenvalue weighted by Crippen LogP contribution is 2.31. The lowest BCUT2D eigenvalue weighted by Gasteiger charge is -2.21. The van der Waals surface area contributed by atoms with Crippen LogP contribution in [0.3, 0.4) is 0 Å². The number of nitrogens with zero attached hydrogens (tertiary/aromatic N) is 3. The van der Waals surface area contributed by atoms with Gasteiger partial charge in [-0.15, -0.1) is 0 Å². The van der Waals surface area contributed by atoms with Crippen LogP contribution in [-0.4, -0.2) is 37.3 Å². The second-order valence-electron chi connectivity index (χ2n) is 8.13. The molecular formula is C23H23N5O3. The number of H-pyrrole nitrogens is 1. The first-order valence-corrected chi connectivity index (χ1v) is 10.3. The van der Waals surface area contributed by atoms with Crippen LogP contribution in [0, 0.1) is 13.8 Å². The highest BCUT2D eigenvalue weighted by Gasteiger charge is 2.30. The van der Waals surface area contributed by atoms with Crippen molar-refractivity contribution < 1.29 is 5.11 Å². The lowest BCUT2D eigenvalue weighted by atomic mass is 10.1. The third kappa shape index (κ3) is 3.34. The van der Waals surface area contributed by atoms with E-state index in [0.29, 0.717) is 25.0 Å². The van der Waals surface area contributed by atoms with Gasteiger partial charge in [0.25, 0.3) is 5.56 Å². The highest BCUT2D eigenvalue weighted by molar-refractivity contribution is 5.81. The Bertz CT molecular complexity index is 1390. The molecule has 0 radical (unpaired) electrons. The fraction of sp³-hybridized carbons (Fsp3) is 0.304. The van der Waals surface area contributed by atoms with Gasteiger partial charge in [0.1, 0.15) is 0 Å². The Morgan fingerprint density at radius 2 is 1.94 bits per heavy atom. The number of hydrogen-bond acceptors (Lipinski definition) is 6. The lowest BCUT2D eigenvalue weighted by molar-refractivity contribution is 0.141. The molecule has 2 aromatic carbocycles. The van der Waals surface area contributed by atoms with Gasteiger partial charge in [-0.25, -0.2) is 9.78 Å². The summed E-state index contributed by atoms with van der Waals surface area (Å²) >= 11 is 0. The van der Waals surface area contributed by atoms with Gasteiger partial charge < -0.3 is 15.0 Å². The van der Waals surface area contributed by atoms with E-state index in [1.165, 1.54) is 0 Å². The third-order valence-corrected chi connectivity index (χ3v) is 6.13. The monoisotopic (exact) mass is 417 g/mol. The fourth-order valence-electron chi connectivity index (χ4n) is 4.43. The molecule has 31 heavy (non-hydrogen) atoms. The number of hydrogen-bond donors (Lipinski definition) is 3. The molecule has 2 unspecified atom stereocenters. The quantitative estimate of drug-likeness (QED) is 0.433. The minimum Gasteiger partial charge on any atom is -0.391 e. The summed E-state index contributed by atoms with van der Waals surface area (Å²) in [5.41, 5.74) is 4.79. The first-order valence-electron chi connectivity index (χ1n) is 10.3. The van der Waals surface area contributed by atoms with Crippen LogP contribution in [-0.2, 0) is 13.0 Å². The predicted molar refractivity (Wildman–Crippen MR) is 117 cm³/mol. The maximum Gasteiger partial charge on any atom is 0.349 e. The molecular weight excluding hydrogens is 394 g/mol. The smallest absolute Gasteiger partial charge is 0.349 e. The molecule has 0 amide bonds. The van der Waals surface area contributed by atoms with Crippen LogP contribution < -0.4 is 16.6 Å². The molecule has 1 aliphatic carbocycles. The van der Waals surface area contributed by atoms with Crippen molar-refractivity contribution in [2.24, 2.45) is 0 Å². The zero-order valence-corrected chi connectivity index (χ0v) is 17.3. The Kier molecular flexibility index (Phi) is 4.68. The molecule has 8 nitrogen and oxygen atoms in total. The van der Waals surface area contributed by atoms with Gasteiger partial charge in [0.15, 0.2) is 11.5 Å². The average molecular weight is 417 g/mol. The summed E-state index contributed by atoms with van der Waals surface area (Å²) < 4.78 is 1.86. The first-order chi connectivity index (χ1) is 14.9. The number of aliphatic hydroxyl groups excluding tert-OH is 1. The average Bonchev–Trinajstić information content (AvgIpc) is 3.05. The minimum atomic E-state index is -0.690. The van der Waals surface area contributed by atoms with Crippen molar-refractivity contribution in [2.45, 2.75) is 39.0 Å². The van der Waals surface area contributed by atoms with E-state index in [-0.39, 0.29) is 17.6 Å². The van der Waals surface area contributed by atoms with Crippen molar-refractivity contribution in [3.05, 3.63) is 79.5 Å². The van der Waals surface area contributed by atoms with Gasteiger partial charge in [-0.2, -0.15) is 4.98 Å². The lowest BCUT2D eigenvalue weighted by Crippen LogP contribution is -2.33. The standard InChI is InChI=1S/C23H23N5O3/c1-12-9-16-17(10-13(12)2)28(21-20(25-16)22(30)27-23(31)26-21)8-7-24-19-15-6-4-3-5-14(15)11-18(19)29/h3-6,9-10,18-19,24,29H,7-8,11H2,1-2H3,(H,27,30,31). The van der Waals surface area contributed by atoms with Crippen LogP contribution in [0.4, 0.5) is 0 Å². The number of aliphatic hydroxyl groups is 1. The summed E-state index contributed by atoms with van der Waals surface area (Å²) in [4.78, 5) is 35.0. The zero-order chi connectivity index (χ0) is 21.7. The Balaban J connectivity index is 1.54. The van der Waals surface area contributed by atoms with Crippen molar-refractivity contribution in [2.75, 3.05) is 6.54 Å². The molecule has 3 aliphatic rings. The van der Waals surface area contributed by atoms with Crippen LogP contribution in [0.15, 0.2) is 46.0 Å². The Morgan fingerprint density at radius 3 is 2.77 bits per heavy atom. The van der Waals surface area contributed by atoms with E-state index in [1.54, 1.807) is 0 Å². The molecule has 0 spiro atoms. The molecule has 2 aliphatic heterocycles. The van der Waals surface area contributed by atoms with Gasteiger partial charge in [0.05, 0.1) is 23.2 Å². The number of aryl methyl sites for hydroxylation is 2. The second kappa shape index (κ2) is 7.40. The summed E-state index contributed by atoms with van der Waals surface area (Å²) in [5.74, 6) is 0.263. The molecule has 0 fully saturated rings. The predicted octanol–water partition coefficient (Wildman–Crippen LogP) is 1.45. The Hall–Kier alpha value is -3.36. The van der Waals surface area contributed by atoms with Crippen LogP contribution >= 0.6 is 0 Å². The highest BCUT2D eigenvalue weighted by atomic mass is 16.3. The summed E-state index contributed by atoms with van der Waals surface area (Å²) in [6, 6.07) is 11.8. The van der Waals surface area contributed by atoms with Crippen molar-refractivity contribution >= 4 is 11.0 Å². The molecule has 2 heterocycles. The largest absolute Gasteiger partial charge is 0.391 e. The molecule has 8 heteroatoms. The molecule has 2 atom stereocenters. The molecule has 0 saturated heterocycles. The van der Waals surface area contributed by atoms with Crippen LogP contribution in [0.2, 0.25) is 0 Å². The molecule has 5 rings (SSSR count). The van der Waals surface area contributed by atoms with Crippen molar-refractivity contribution in [3.8, 4) is 11.5 Å². The van der Waals surface area contributed by atoms with Gasteiger partial charge in [-0.1, -0.05) is 24.3 Å². The Morgan fingerprint density at radius 1 is 1.16 bits per heavy atom. The summed E-state index contributed by atoms with van der Waals surface area (Å²) in [5, 5.41) is 13.9. The van der Waals surface area contributed by atoms with E-state index >= 15 is 0 Å². The summed E-state index contributed by atoms with van der Waals surface area (Å²) in [7, 11) is 0. The minimum absolute atomic E-state index is 0.140. The van der Waals surface area contributed by atoms with E-state index in [4.69, 9.17) is 0 Å². The van der Waals surface area contributed by atoms with Crippen LogP contribution in [0.5, 0.6) is 0 Å². The fourth-order valence-corrected chi connectivity index (χ4v) is 4.43. The summed E-state index contributed by atoms with van der Waals surface area (Å²) in [6.07, 6.45) is 0.129. The maximum atomic E-state index is 12.4. The number of fused-ring (bicyclic) bond motifs is 3. The van der Waals surface area contributed by atoms with Crippen molar-refractivity contribution in [1.82, 2.24) is 24.8 Å².